The van der Waals surface area contributed by atoms with Crippen LogP contribution in [-0.4, -0.2) is 23.0 Å². The molecule has 0 aliphatic carbocycles. The molecule has 0 saturated carbocycles. The third-order valence-electron chi connectivity index (χ3n) is 5.57. The number of halogens is 1. The number of carbonyl (C=O) groups is 3. The molecule has 8 heteroatoms. The van der Waals surface area contributed by atoms with E-state index in [1.165, 1.54) is 17.8 Å². The van der Waals surface area contributed by atoms with Gasteiger partial charge in [0.1, 0.15) is 5.70 Å². The third kappa shape index (κ3) is 8.07. The first-order valence-electron chi connectivity index (χ1n) is 12.2. The molecule has 1 unspecified atom stereocenters. The Bertz CT molecular complexity index is 1480. The zero-order chi connectivity index (χ0) is 27.6. The normalized spacial score (nSPS) is 11.8. The Balaban J connectivity index is 1.44. The van der Waals surface area contributed by atoms with Gasteiger partial charge < -0.3 is 16.0 Å². The summed E-state index contributed by atoms with van der Waals surface area (Å²) in [6.45, 7) is 1.83. The molecule has 0 heterocycles. The Hall–Kier alpha value is -4.33. The van der Waals surface area contributed by atoms with Gasteiger partial charge in [-0.3, -0.25) is 14.4 Å². The molecule has 0 bridgehead atoms. The fourth-order valence-corrected chi connectivity index (χ4v) is 4.59. The highest BCUT2D eigenvalue weighted by molar-refractivity contribution is 8.00. The largest absolute Gasteiger partial charge is 0.325 e. The highest BCUT2D eigenvalue weighted by Gasteiger charge is 2.17. The lowest BCUT2D eigenvalue weighted by Crippen LogP contribution is -2.30. The van der Waals surface area contributed by atoms with Crippen LogP contribution in [0.4, 0.5) is 11.4 Å². The van der Waals surface area contributed by atoms with Gasteiger partial charge in [-0.2, -0.15) is 0 Å². The number of hydrogen-bond donors (Lipinski definition) is 3. The van der Waals surface area contributed by atoms with Gasteiger partial charge in [0.15, 0.2) is 0 Å². The van der Waals surface area contributed by atoms with Crippen molar-refractivity contribution in [3.63, 3.8) is 0 Å². The molecule has 0 aromatic heterocycles. The molecule has 4 aromatic carbocycles. The summed E-state index contributed by atoms with van der Waals surface area (Å²) in [5.74, 6) is -1.03. The van der Waals surface area contributed by atoms with Crippen molar-refractivity contribution in [2.45, 2.75) is 17.1 Å². The number of benzene rings is 4. The number of para-hydroxylation sites is 1. The van der Waals surface area contributed by atoms with Crippen molar-refractivity contribution >= 4 is 58.5 Å². The predicted molar refractivity (Wildman–Crippen MR) is 159 cm³/mol. The van der Waals surface area contributed by atoms with E-state index in [0.29, 0.717) is 21.8 Å². The van der Waals surface area contributed by atoms with E-state index in [0.717, 1.165) is 10.6 Å². The average Bonchev–Trinajstić information content (AvgIpc) is 2.95. The van der Waals surface area contributed by atoms with Crippen molar-refractivity contribution in [3.05, 3.63) is 131 Å². The van der Waals surface area contributed by atoms with Crippen molar-refractivity contribution in [1.82, 2.24) is 5.32 Å². The molecule has 3 N–H and O–H groups in total. The van der Waals surface area contributed by atoms with Crippen LogP contribution in [0.5, 0.6) is 0 Å². The fraction of sp³-hybridized carbons (Fsp3) is 0.0645. The summed E-state index contributed by atoms with van der Waals surface area (Å²) in [6, 6.07) is 32.1. The maximum atomic E-state index is 13.2. The Labute approximate surface area is 236 Å². The van der Waals surface area contributed by atoms with Crippen LogP contribution in [0, 0.1) is 0 Å². The molecule has 4 aromatic rings. The van der Waals surface area contributed by atoms with Gasteiger partial charge in [0.05, 0.1) is 5.25 Å². The van der Waals surface area contributed by atoms with E-state index in [9.17, 15) is 14.4 Å². The number of rotatable bonds is 9. The van der Waals surface area contributed by atoms with Crippen LogP contribution in [0.25, 0.3) is 6.08 Å². The van der Waals surface area contributed by atoms with Crippen LogP contribution in [0.1, 0.15) is 22.8 Å². The number of amides is 3. The first kappa shape index (κ1) is 27.7. The summed E-state index contributed by atoms with van der Waals surface area (Å²) >= 11 is 7.70. The van der Waals surface area contributed by atoms with E-state index in [1.54, 1.807) is 60.7 Å². The molecule has 196 valence electrons. The first-order valence-corrected chi connectivity index (χ1v) is 13.4. The molecular formula is C31H26ClN3O3S. The Morgan fingerprint density at radius 3 is 2.00 bits per heavy atom. The Kier molecular flexibility index (Phi) is 9.56. The van der Waals surface area contributed by atoms with Gasteiger partial charge >= 0.3 is 0 Å². The van der Waals surface area contributed by atoms with Crippen LogP contribution >= 0.6 is 23.4 Å². The molecule has 0 radical (unpaired) electrons. The quantitative estimate of drug-likeness (QED) is 0.155. The summed E-state index contributed by atoms with van der Waals surface area (Å²) in [7, 11) is 0. The lowest BCUT2D eigenvalue weighted by Gasteiger charge is -2.14. The maximum absolute atomic E-state index is 13.2. The molecule has 3 amide bonds. The summed E-state index contributed by atoms with van der Waals surface area (Å²) in [5, 5.41) is 8.54. The van der Waals surface area contributed by atoms with Gasteiger partial charge in [0, 0.05) is 26.9 Å². The molecule has 0 fully saturated rings. The van der Waals surface area contributed by atoms with Crippen molar-refractivity contribution in [2.24, 2.45) is 0 Å². The number of nitrogens with one attached hydrogen (secondary N) is 3. The second-order valence-corrected chi connectivity index (χ2v) is 10.3. The minimum absolute atomic E-state index is 0.0432. The predicted octanol–water partition coefficient (Wildman–Crippen LogP) is 6.87. The molecule has 1 atom stereocenters. The van der Waals surface area contributed by atoms with E-state index >= 15 is 0 Å². The molecule has 0 saturated heterocycles. The molecule has 39 heavy (non-hydrogen) atoms. The molecule has 4 rings (SSSR count). The Morgan fingerprint density at radius 1 is 0.744 bits per heavy atom. The standard InChI is InChI=1S/C31H26ClN3O3S/c1-21(29(36)33-24-13-6-3-7-14-24)39-26-18-16-25(17-19-26)34-31(38)28(20-23-12-8-9-15-27(23)32)35-30(37)22-10-4-2-5-11-22/h2-21H,1H3,(H,33,36)(H,34,38)(H,35,37)/b28-20-. The zero-order valence-electron chi connectivity index (χ0n) is 21.1. The monoisotopic (exact) mass is 555 g/mol. The highest BCUT2D eigenvalue weighted by Crippen LogP contribution is 2.26. The summed E-state index contributed by atoms with van der Waals surface area (Å²) in [6.07, 6.45) is 1.54. The number of carbonyl (C=O) groups excluding carboxylic acids is 3. The van der Waals surface area contributed by atoms with E-state index in [2.05, 4.69) is 16.0 Å². The topological polar surface area (TPSA) is 87.3 Å². The molecule has 6 nitrogen and oxygen atoms in total. The number of anilines is 2. The molecule has 0 aliphatic heterocycles. The number of hydrogen-bond acceptors (Lipinski definition) is 4. The van der Waals surface area contributed by atoms with Crippen LogP contribution in [0.3, 0.4) is 0 Å². The lowest BCUT2D eigenvalue weighted by molar-refractivity contribution is -0.115. The second kappa shape index (κ2) is 13.5. The van der Waals surface area contributed by atoms with Crippen LogP contribution < -0.4 is 16.0 Å². The van der Waals surface area contributed by atoms with Crippen molar-refractivity contribution in [3.8, 4) is 0 Å². The van der Waals surface area contributed by atoms with Gasteiger partial charge in [-0.15, -0.1) is 11.8 Å². The molecular weight excluding hydrogens is 530 g/mol. The van der Waals surface area contributed by atoms with Gasteiger partial charge in [-0.05, 0) is 73.2 Å². The van der Waals surface area contributed by atoms with E-state index in [-0.39, 0.29) is 16.9 Å². The van der Waals surface area contributed by atoms with E-state index in [1.807, 2.05) is 55.5 Å². The van der Waals surface area contributed by atoms with Crippen LogP contribution in [0.2, 0.25) is 5.02 Å². The minimum atomic E-state index is -0.504. The fourth-order valence-electron chi connectivity index (χ4n) is 3.53. The maximum Gasteiger partial charge on any atom is 0.272 e. The highest BCUT2D eigenvalue weighted by atomic mass is 35.5. The van der Waals surface area contributed by atoms with Crippen LogP contribution in [0.15, 0.2) is 120 Å². The average molecular weight is 556 g/mol. The van der Waals surface area contributed by atoms with Gasteiger partial charge in [0.25, 0.3) is 11.8 Å². The van der Waals surface area contributed by atoms with E-state index in [4.69, 9.17) is 11.6 Å². The lowest BCUT2D eigenvalue weighted by atomic mass is 10.1. The minimum Gasteiger partial charge on any atom is -0.325 e. The summed E-state index contributed by atoms with van der Waals surface area (Å²) in [4.78, 5) is 39.4. The third-order valence-corrected chi connectivity index (χ3v) is 7.03. The molecule has 0 aliphatic rings. The second-order valence-electron chi connectivity index (χ2n) is 8.49. The van der Waals surface area contributed by atoms with Crippen molar-refractivity contribution in [2.75, 3.05) is 10.6 Å². The smallest absolute Gasteiger partial charge is 0.272 e. The van der Waals surface area contributed by atoms with Crippen LogP contribution in [-0.2, 0) is 9.59 Å². The Morgan fingerprint density at radius 2 is 1.33 bits per heavy atom. The molecule has 0 spiro atoms. The van der Waals surface area contributed by atoms with Crippen molar-refractivity contribution < 1.29 is 14.4 Å². The van der Waals surface area contributed by atoms with Gasteiger partial charge in [-0.25, -0.2) is 0 Å². The first-order chi connectivity index (χ1) is 18.9. The number of thioether (sulfide) groups is 1. The van der Waals surface area contributed by atoms with Gasteiger partial charge in [-0.1, -0.05) is 66.2 Å². The van der Waals surface area contributed by atoms with Gasteiger partial charge in [0.2, 0.25) is 5.91 Å². The summed E-state index contributed by atoms with van der Waals surface area (Å²) < 4.78 is 0. The summed E-state index contributed by atoms with van der Waals surface area (Å²) in [5.41, 5.74) is 2.33. The SMILES string of the molecule is CC(Sc1ccc(NC(=O)/C(=C/c2ccccc2Cl)NC(=O)c2ccccc2)cc1)C(=O)Nc1ccccc1. The van der Waals surface area contributed by atoms with E-state index < -0.39 is 11.8 Å². The zero-order valence-corrected chi connectivity index (χ0v) is 22.6. The van der Waals surface area contributed by atoms with Crippen molar-refractivity contribution in [1.29, 1.82) is 0 Å².